The normalized spacial score (nSPS) is 15.6. The molecule has 0 aliphatic heterocycles. The molecule has 2 atom stereocenters. The molecule has 0 fully saturated rings. The number of hydrogen-bond donors (Lipinski definition) is 1. The molecule has 17 heavy (non-hydrogen) atoms. The summed E-state index contributed by atoms with van der Waals surface area (Å²) in [4.78, 5) is 3.74. The molecule has 2 unspecified atom stereocenters. The number of pyridine rings is 1. The van der Waals surface area contributed by atoms with Gasteiger partial charge < -0.3 is 9.84 Å². The lowest BCUT2D eigenvalue weighted by Gasteiger charge is -2.34. The standard InChI is InChI=1S/C13H20FNO2/c1-5-17-12(13(2,3)4)11(16)9-6-10(14)8-15-7-9/h6-8,11-12,16H,5H2,1-4H3. The maximum Gasteiger partial charge on any atom is 0.141 e. The summed E-state index contributed by atoms with van der Waals surface area (Å²) in [6.45, 7) is 8.30. The average Bonchev–Trinajstić information content (AvgIpc) is 2.23. The van der Waals surface area contributed by atoms with E-state index in [0.717, 1.165) is 6.20 Å². The Morgan fingerprint density at radius 1 is 1.41 bits per heavy atom. The lowest BCUT2D eigenvalue weighted by molar-refractivity contribution is -0.0900. The molecule has 0 radical (unpaired) electrons. The van der Waals surface area contributed by atoms with Crippen LogP contribution in [-0.2, 0) is 4.74 Å². The van der Waals surface area contributed by atoms with Gasteiger partial charge in [-0.05, 0) is 18.4 Å². The van der Waals surface area contributed by atoms with Crippen LogP contribution < -0.4 is 0 Å². The van der Waals surface area contributed by atoms with Gasteiger partial charge in [0.2, 0.25) is 0 Å². The monoisotopic (exact) mass is 241 g/mol. The number of halogens is 1. The van der Waals surface area contributed by atoms with Gasteiger partial charge in [-0.25, -0.2) is 4.39 Å². The Hall–Kier alpha value is -1.00. The van der Waals surface area contributed by atoms with E-state index in [9.17, 15) is 9.50 Å². The van der Waals surface area contributed by atoms with E-state index in [2.05, 4.69) is 4.98 Å². The van der Waals surface area contributed by atoms with E-state index < -0.39 is 18.0 Å². The van der Waals surface area contributed by atoms with E-state index in [-0.39, 0.29) is 5.41 Å². The zero-order valence-corrected chi connectivity index (χ0v) is 10.8. The maximum absolute atomic E-state index is 13.1. The third-order valence-electron chi connectivity index (χ3n) is 2.55. The van der Waals surface area contributed by atoms with Crippen molar-refractivity contribution in [1.29, 1.82) is 0 Å². The van der Waals surface area contributed by atoms with Crippen molar-refractivity contribution in [2.45, 2.75) is 39.9 Å². The van der Waals surface area contributed by atoms with Crippen molar-refractivity contribution in [3.63, 3.8) is 0 Å². The highest BCUT2D eigenvalue weighted by Crippen LogP contribution is 2.32. The Bertz CT molecular complexity index is 363. The Labute approximate surface area is 102 Å². The Morgan fingerprint density at radius 3 is 2.53 bits per heavy atom. The topological polar surface area (TPSA) is 42.4 Å². The van der Waals surface area contributed by atoms with Crippen LogP contribution in [0.15, 0.2) is 18.5 Å². The van der Waals surface area contributed by atoms with E-state index in [1.54, 1.807) is 0 Å². The minimum atomic E-state index is -0.877. The molecule has 0 aliphatic carbocycles. The van der Waals surface area contributed by atoms with Gasteiger partial charge in [-0.1, -0.05) is 20.8 Å². The van der Waals surface area contributed by atoms with E-state index in [0.29, 0.717) is 12.2 Å². The van der Waals surface area contributed by atoms with Crippen molar-refractivity contribution in [1.82, 2.24) is 4.98 Å². The van der Waals surface area contributed by atoms with Crippen LogP contribution in [0.4, 0.5) is 4.39 Å². The van der Waals surface area contributed by atoms with Crippen molar-refractivity contribution in [2.24, 2.45) is 5.41 Å². The number of hydrogen-bond acceptors (Lipinski definition) is 3. The molecule has 0 aromatic carbocycles. The summed E-state index contributed by atoms with van der Waals surface area (Å²) in [7, 11) is 0. The molecular formula is C13H20FNO2. The second-order valence-corrected chi connectivity index (χ2v) is 5.12. The van der Waals surface area contributed by atoms with Gasteiger partial charge in [-0.2, -0.15) is 0 Å². The first kappa shape index (κ1) is 14.1. The molecule has 1 heterocycles. The number of nitrogens with zero attached hydrogens (tertiary/aromatic N) is 1. The van der Waals surface area contributed by atoms with Crippen LogP contribution in [0.25, 0.3) is 0 Å². The second-order valence-electron chi connectivity index (χ2n) is 5.12. The molecule has 0 saturated heterocycles. The first-order valence-electron chi connectivity index (χ1n) is 5.76. The summed E-state index contributed by atoms with van der Waals surface area (Å²) >= 11 is 0. The van der Waals surface area contributed by atoms with Crippen LogP contribution in [0.3, 0.4) is 0 Å². The van der Waals surface area contributed by atoms with E-state index in [1.165, 1.54) is 12.3 Å². The maximum atomic E-state index is 13.1. The summed E-state index contributed by atoms with van der Waals surface area (Å²) in [5.41, 5.74) is 0.209. The van der Waals surface area contributed by atoms with E-state index in [4.69, 9.17) is 4.74 Å². The van der Waals surface area contributed by atoms with Crippen LogP contribution in [-0.4, -0.2) is 22.8 Å². The van der Waals surface area contributed by atoms with Gasteiger partial charge in [0.15, 0.2) is 0 Å². The summed E-state index contributed by atoms with van der Waals surface area (Å²) in [6, 6.07) is 1.29. The van der Waals surface area contributed by atoms with Crippen molar-refractivity contribution in [2.75, 3.05) is 6.61 Å². The summed E-state index contributed by atoms with van der Waals surface area (Å²) in [5, 5.41) is 10.2. The van der Waals surface area contributed by atoms with Crippen molar-refractivity contribution >= 4 is 0 Å². The lowest BCUT2D eigenvalue weighted by Crippen LogP contribution is -2.35. The van der Waals surface area contributed by atoms with Crippen LogP contribution in [0.2, 0.25) is 0 Å². The lowest BCUT2D eigenvalue weighted by atomic mass is 9.83. The van der Waals surface area contributed by atoms with E-state index >= 15 is 0 Å². The molecule has 1 rings (SSSR count). The predicted molar refractivity (Wildman–Crippen MR) is 64.0 cm³/mol. The molecule has 96 valence electrons. The van der Waals surface area contributed by atoms with Crippen LogP contribution in [0.1, 0.15) is 39.4 Å². The molecule has 3 nitrogen and oxygen atoms in total. The van der Waals surface area contributed by atoms with Crippen molar-refractivity contribution in [3.05, 3.63) is 29.8 Å². The third-order valence-corrected chi connectivity index (χ3v) is 2.55. The smallest absolute Gasteiger partial charge is 0.141 e. The molecule has 0 spiro atoms. The first-order valence-corrected chi connectivity index (χ1v) is 5.76. The number of aliphatic hydroxyl groups is 1. The fraction of sp³-hybridized carbons (Fsp3) is 0.615. The zero-order valence-electron chi connectivity index (χ0n) is 10.8. The van der Waals surface area contributed by atoms with Crippen molar-refractivity contribution in [3.8, 4) is 0 Å². The molecular weight excluding hydrogens is 221 g/mol. The summed E-state index contributed by atoms with van der Waals surface area (Å²) in [5.74, 6) is -0.453. The molecule has 4 heteroatoms. The average molecular weight is 241 g/mol. The Kier molecular flexibility index (Phi) is 4.60. The number of ether oxygens (including phenoxy) is 1. The highest BCUT2D eigenvalue weighted by molar-refractivity contribution is 5.15. The molecule has 0 amide bonds. The number of rotatable bonds is 4. The summed E-state index contributed by atoms with van der Waals surface area (Å²) < 4.78 is 18.6. The van der Waals surface area contributed by atoms with Crippen molar-refractivity contribution < 1.29 is 14.2 Å². The first-order chi connectivity index (χ1) is 7.86. The molecule has 1 aromatic rings. The largest absolute Gasteiger partial charge is 0.386 e. The minimum absolute atomic E-state index is 0.234. The Morgan fingerprint density at radius 2 is 2.06 bits per heavy atom. The minimum Gasteiger partial charge on any atom is -0.386 e. The fourth-order valence-electron chi connectivity index (χ4n) is 1.76. The van der Waals surface area contributed by atoms with Crippen LogP contribution in [0, 0.1) is 11.2 Å². The fourth-order valence-corrected chi connectivity index (χ4v) is 1.76. The zero-order chi connectivity index (χ0) is 13.1. The predicted octanol–water partition coefficient (Wildman–Crippen LogP) is 2.71. The van der Waals surface area contributed by atoms with E-state index in [1.807, 2.05) is 27.7 Å². The van der Waals surface area contributed by atoms with Gasteiger partial charge in [-0.15, -0.1) is 0 Å². The quantitative estimate of drug-likeness (QED) is 0.881. The summed E-state index contributed by atoms with van der Waals surface area (Å²) in [6.07, 6.45) is 1.31. The Balaban J connectivity index is 2.95. The molecule has 0 aliphatic rings. The van der Waals surface area contributed by atoms with Gasteiger partial charge in [-0.3, -0.25) is 4.98 Å². The molecule has 1 aromatic heterocycles. The SMILES string of the molecule is CCOC(C(O)c1cncc(F)c1)C(C)(C)C. The van der Waals surface area contributed by atoms with Gasteiger partial charge in [0.1, 0.15) is 11.9 Å². The van der Waals surface area contributed by atoms with Gasteiger partial charge >= 0.3 is 0 Å². The van der Waals surface area contributed by atoms with Crippen LogP contribution >= 0.6 is 0 Å². The highest BCUT2D eigenvalue weighted by Gasteiger charge is 2.33. The molecule has 1 N–H and O–H groups in total. The third kappa shape index (κ3) is 3.75. The second kappa shape index (κ2) is 5.56. The van der Waals surface area contributed by atoms with Crippen LogP contribution in [0.5, 0.6) is 0 Å². The van der Waals surface area contributed by atoms with Gasteiger partial charge in [0, 0.05) is 18.4 Å². The molecule has 0 bridgehead atoms. The molecule has 0 saturated carbocycles. The van der Waals surface area contributed by atoms with Gasteiger partial charge in [0.25, 0.3) is 0 Å². The highest BCUT2D eigenvalue weighted by atomic mass is 19.1. The number of aromatic nitrogens is 1. The number of aliphatic hydroxyl groups excluding tert-OH is 1. The van der Waals surface area contributed by atoms with Gasteiger partial charge in [0.05, 0.1) is 12.3 Å².